The van der Waals surface area contributed by atoms with Crippen molar-refractivity contribution in [3.05, 3.63) is 41.3 Å². The first-order chi connectivity index (χ1) is 9.67. The molecule has 0 radical (unpaired) electrons. The van der Waals surface area contributed by atoms with E-state index in [0.717, 1.165) is 5.56 Å². The molecule has 104 valence electrons. The van der Waals surface area contributed by atoms with Crippen LogP contribution in [0.15, 0.2) is 30.6 Å². The fourth-order valence-electron chi connectivity index (χ4n) is 1.39. The van der Waals surface area contributed by atoms with Gasteiger partial charge in [-0.25, -0.2) is 4.98 Å². The lowest BCUT2D eigenvalue weighted by molar-refractivity contribution is 0.397. The highest BCUT2D eigenvalue weighted by Gasteiger charge is 2.05. The smallest absolute Gasteiger partial charge is 0.233 e. The Balaban J connectivity index is 1.93. The molecule has 0 atom stereocenters. The minimum absolute atomic E-state index is 0.273. The van der Waals surface area contributed by atoms with Crippen LogP contribution in [0.2, 0.25) is 5.15 Å². The summed E-state index contributed by atoms with van der Waals surface area (Å²) in [6, 6.07) is 5.32. The highest BCUT2D eigenvalue weighted by atomic mass is 35.5. The van der Waals surface area contributed by atoms with Crippen molar-refractivity contribution in [2.24, 2.45) is 0 Å². The quantitative estimate of drug-likeness (QED) is 0.661. The van der Waals surface area contributed by atoms with Crippen LogP contribution in [0.1, 0.15) is 5.56 Å². The van der Waals surface area contributed by atoms with Gasteiger partial charge in [-0.05, 0) is 23.8 Å². The Morgan fingerprint density at radius 3 is 3.00 bits per heavy atom. The Hall–Kier alpha value is -1.99. The first kappa shape index (κ1) is 14.4. The first-order valence-electron chi connectivity index (χ1n) is 5.69. The van der Waals surface area contributed by atoms with Crippen LogP contribution < -0.4 is 15.4 Å². The van der Waals surface area contributed by atoms with Gasteiger partial charge in [0.05, 0.1) is 7.11 Å². The molecule has 0 aromatic carbocycles. The van der Waals surface area contributed by atoms with E-state index in [2.05, 4.69) is 25.6 Å². The van der Waals surface area contributed by atoms with Crippen molar-refractivity contribution in [2.75, 3.05) is 12.4 Å². The van der Waals surface area contributed by atoms with E-state index in [4.69, 9.17) is 28.6 Å². The summed E-state index contributed by atoms with van der Waals surface area (Å²) >= 11 is 11.0. The zero-order valence-corrected chi connectivity index (χ0v) is 12.2. The zero-order chi connectivity index (χ0) is 14.4. The molecular formula is C12H12ClN5OS. The third-order valence-corrected chi connectivity index (χ3v) is 2.72. The summed E-state index contributed by atoms with van der Waals surface area (Å²) in [7, 11) is 1.50. The Bertz CT molecular complexity index is 596. The Morgan fingerprint density at radius 2 is 2.30 bits per heavy atom. The lowest BCUT2D eigenvalue weighted by Crippen LogP contribution is -2.28. The van der Waals surface area contributed by atoms with Gasteiger partial charge in [0.15, 0.2) is 5.11 Å². The number of methoxy groups -OCH3 is 1. The van der Waals surface area contributed by atoms with Crippen LogP contribution in [0, 0.1) is 0 Å². The van der Waals surface area contributed by atoms with E-state index < -0.39 is 0 Å². The number of nitrogens with one attached hydrogen (secondary N) is 2. The van der Waals surface area contributed by atoms with Gasteiger partial charge in [0.25, 0.3) is 0 Å². The summed E-state index contributed by atoms with van der Waals surface area (Å²) in [4.78, 5) is 12.1. The van der Waals surface area contributed by atoms with Gasteiger partial charge in [-0.2, -0.15) is 4.98 Å². The van der Waals surface area contributed by atoms with Gasteiger partial charge in [-0.1, -0.05) is 17.7 Å². The Labute approximate surface area is 126 Å². The van der Waals surface area contributed by atoms with Crippen LogP contribution in [0.4, 0.5) is 5.95 Å². The second-order valence-electron chi connectivity index (χ2n) is 3.73. The number of rotatable bonds is 4. The molecule has 6 nitrogen and oxygen atoms in total. The summed E-state index contributed by atoms with van der Waals surface area (Å²) in [5.74, 6) is 0.639. The molecule has 0 fully saturated rings. The van der Waals surface area contributed by atoms with Crippen LogP contribution in [-0.2, 0) is 6.54 Å². The normalized spacial score (nSPS) is 9.90. The maximum absolute atomic E-state index is 5.84. The number of nitrogens with zero attached hydrogens (tertiary/aromatic N) is 3. The molecule has 0 bridgehead atoms. The number of pyridine rings is 1. The summed E-state index contributed by atoms with van der Waals surface area (Å²) in [6.07, 6.45) is 3.47. The van der Waals surface area contributed by atoms with Crippen LogP contribution in [0.5, 0.6) is 5.88 Å². The third kappa shape index (κ3) is 4.29. The van der Waals surface area contributed by atoms with Crippen molar-refractivity contribution in [3.8, 4) is 5.88 Å². The van der Waals surface area contributed by atoms with E-state index in [9.17, 15) is 0 Å². The number of aromatic nitrogens is 3. The second kappa shape index (κ2) is 6.97. The van der Waals surface area contributed by atoms with E-state index in [0.29, 0.717) is 17.5 Å². The largest absolute Gasteiger partial charge is 0.481 e. The van der Waals surface area contributed by atoms with Crippen molar-refractivity contribution in [1.82, 2.24) is 20.3 Å². The fourth-order valence-corrected chi connectivity index (χ4v) is 1.73. The van der Waals surface area contributed by atoms with Crippen molar-refractivity contribution >= 4 is 34.9 Å². The lowest BCUT2D eigenvalue weighted by Gasteiger charge is -2.10. The van der Waals surface area contributed by atoms with Crippen molar-refractivity contribution in [1.29, 1.82) is 0 Å². The number of hydrogen-bond donors (Lipinski definition) is 2. The van der Waals surface area contributed by atoms with Gasteiger partial charge in [-0.3, -0.25) is 4.98 Å². The van der Waals surface area contributed by atoms with Crippen molar-refractivity contribution < 1.29 is 4.74 Å². The third-order valence-electron chi connectivity index (χ3n) is 2.28. The minimum atomic E-state index is 0.273. The standard InChI is InChI=1S/C12H12ClN5OS/c1-19-10-5-9(13)16-11(17-10)18-12(20)15-7-8-3-2-4-14-6-8/h2-6H,7H2,1H3,(H2,15,16,17,18,20). The monoisotopic (exact) mass is 309 g/mol. The van der Waals surface area contributed by atoms with Crippen molar-refractivity contribution in [2.45, 2.75) is 6.54 Å². The Kier molecular flexibility index (Phi) is 5.03. The van der Waals surface area contributed by atoms with E-state index >= 15 is 0 Å². The van der Waals surface area contributed by atoms with Gasteiger partial charge < -0.3 is 15.4 Å². The van der Waals surface area contributed by atoms with Gasteiger partial charge >= 0.3 is 0 Å². The fraction of sp³-hybridized carbons (Fsp3) is 0.167. The molecule has 0 aliphatic rings. The van der Waals surface area contributed by atoms with Crippen LogP contribution in [0.25, 0.3) is 0 Å². The number of halogens is 1. The molecule has 0 amide bonds. The Morgan fingerprint density at radius 1 is 1.45 bits per heavy atom. The molecule has 0 aliphatic heterocycles. The van der Waals surface area contributed by atoms with E-state index in [-0.39, 0.29) is 11.1 Å². The molecule has 2 aromatic rings. The lowest BCUT2D eigenvalue weighted by atomic mass is 10.3. The van der Waals surface area contributed by atoms with Crippen LogP contribution >= 0.6 is 23.8 Å². The SMILES string of the molecule is COc1cc(Cl)nc(NC(=S)NCc2cccnc2)n1. The molecule has 0 saturated heterocycles. The highest BCUT2D eigenvalue weighted by molar-refractivity contribution is 7.80. The average Bonchev–Trinajstić information content (AvgIpc) is 2.45. The molecule has 2 aromatic heterocycles. The summed E-state index contributed by atoms with van der Waals surface area (Å²) < 4.78 is 5.00. The van der Waals surface area contributed by atoms with E-state index in [1.165, 1.54) is 13.2 Å². The van der Waals surface area contributed by atoms with Crippen LogP contribution in [-0.4, -0.2) is 27.2 Å². The summed E-state index contributed by atoms with van der Waals surface area (Å²) in [5, 5.41) is 6.52. The highest BCUT2D eigenvalue weighted by Crippen LogP contribution is 2.15. The van der Waals surface area contributed by atoms with E-state index in [1.807, 2.05) is 12.1 Å². The van der Waals surface area contributed by atoms with Gasteiger partial charge in [-0.15, -0.1) is 0 Å². The molecule has 8 heteroatoms. The van der Waals surface area contributed by atoms with Gasteiger partial charge in [0, 0.05) is 25.0 Å². The number of hydrogen-bond acceptors (Lipinski definition) is 5. The summed E-state index contributed by atoms with van der Waals surface area (Å²) in [5.41, 5.74) is 1.02. The summed E-state index contributed by atoms with van der Waals surface area (Å²) in [6.45, 7) is 0.553. The first-order valence-corrected chi connectivity index (χ1v) is 6.48. The average molecular weight is 310 g/mol. The van der Waals surface area contributed by atoms with Crippen molar-refractivity contribution in [3.63, 3.8) is 0 Å². The van der Waals surface area contributed by atoms with Gasteiger partial charge in [0.1, 0.15) is 5.15 Å². The number of ether oxygens (including phenoxy) is 1. The molecule has 0 aliphatic carbocycles. The zero-order valence-electron chi connectivity index (χ0n) is 10.6. The topological polar surface area (TPSA) is 72.0 Å². The molecule has 20 heavy (non-hydrogen) atoms. The second-order valence-corrected chi connectivity index (χ2v) is 4.52. The molecular weight excluding hydrogens is 298 g/mol. The van der Waals surface area contributed by atoms with E-state index in [1.54, 1.807) is 12.4 Å². The molecule has 0 unspecified atom stereocenters. The molecule has 0 spiro atoms. The number of thiocarbonyl (C=S) groups is 1. The predicted octanol–water partition coefficient (Wildman–Crippen LogP) is 2.02. The maximum atomic E-state index is 5.84. The number of anilines is 1. The van der Waals surface area contributed by atoms with Gasteiger partial charge in [0.2, 0.25) is 11.8 Å². The molecule has 0 saturated carbocycles. The molecule has 2 N–H and O–H groups in total. The minimum Gasteiger partial charge on any atom is -0.481 e. The predicted molar refractivity (Wildman–Crippen MR) is 80.9 cm³/mol. The van der Waals surface area contributed by atoms with Crippen LogP contribution in [0.3, 0.4) is 0 Å². The molecule has 2 heterocycles. The molecule has 2 rings (SSSR count). The maximum Gasteiger partial charge on any atom is 0.233 e.